The van der Waals surface area contributed by atoms with Gasteiger partial charge in [-0.15, -0.1) is 11.3 Å². The topological polar surface area (TPSA) is 82.3 Å². The maximum atomic E-state index is 12.8. The molecule has 0 spiro atoms. The molecule has 3 aromatic rings. The van der Waals surface area contributed by atoms with Gasteiger partial charge in [-0.1, -0.05) is 0 Å². The summed E-state index contributed by atoms with van der Waals surface area (Å²) in [6.07, 6.45) is 5.71. The predicted molar refractivity (Wildman–Crippen MR) is 97.0 cm³/mol. The molecule has 1 amide bonds. The zero-order valence-electron chi connectivity index (χ0n) is 14.2. The summed E-state index contributed by atoms with van der Waals surface area (Å²) in [5, 5.41) is 6.03. The molecule has 0 saturated carbocycles. The molecule has 4 rings (SSSR count). The maximum Gasteiger partial charge on any atom is 0.271 e. The summed E-state index contributed by atoms with van der Waals surface area (Å²) in [5.41, 5.74) is 0.503. The average molecular weight is 373 g/mol. The monoisotopic (exact) mass is 373 g/mol. The van der Waals surface area contributed by atoms with Gasteiger partial charge < -0.3 is 9.64 Å². The summed E-state index contributed by atoms with van der Waals surface area (Å²) in [7, 11) is 0. The molecule has 3 aromatic heterocycles. The molecule has 1 fully saturated rings. The highest BCUT2D eigenvalue weighted by molar-refractivity contribution is 7.17. The van der Waals surface area contributed by atoms with E-state index in [4.69, 9.17) is 4.74 Å². The summed E-state index contributed by atoms with van der Waals surface area (Å²) in [6.45, 7) is 2.31. The van der Waals surface area contributed by atoms with Crippen molar-refractivity contribution in [1.82, 2.24) is 24.2 Å². The van der Waals surface area contributed by atoms with Gasteiger partial charge in [0.1, 0.15) is 11.2 Å². The molecule has 1 saturated heterocycles. The maximum absolute atomic E-state index is 12.8. The standard InChI is InChI=1S/C17H19N5O3S/c23-15(11-21-12-18-14-3-8-26-16(14)17(21)24)20-5-2-7-25-13(9-20)10-22-6-1-4-19-22/h1,3-4,6,8,12-13H,2,5,7,9-11H2/t13-/m1/s1. The lowest BCUT2D eigenvalue weighted by Crippen LogP contribution is -2.41. The van der Waals surface area contributed by atoms with E-state index in [-0.39, 0.29) is 24.1 Å². The van der Waals surface area contributed by atoms with Crippen LogP contribution in [0.5, 0.6) is 0 Å². The van der Waals surface area contributed by atoms with Crippen molar-refractivity contribution in [1.29, 1.82) is 0 Å². The quantitative estimate of drug-likeness (QED) is 0.681. The van der Waals surface area contributed by atoms with Crippen molar-refractivity contribution >= 4 is 27.5 Å². The van der Waals surface area contributed by atoms with Crippen molar-refractivity contribution in [3.63, 3.8) is 0 Å². The van der Waals surface area contributed by atoms with Gasteiger partial charge in [0, 0.05) is 32.1 Å². The molecule has 9 heteroatoms. The fraction of sp³-hybridized carbons (Fsp3) is 0.412. The van der Waals surface area contributed by atoms with Gasteiger partial charge in [0.25, 0.3) is 5.56 Å². The van der Waals surface area contributed by atoms with Crippen molar-refractivity contribution < 1.29 is 9.53 Å². The minimum absolute atomic E-state index is 0.00579. The Balaban J connectivity index is 1.47. The summed E-state index contributed by atoms with van der Waals surface area (Å²) in [6, 6.07) is 3.67. The molecule has 0 N–H and O–H groups in total. The molecule has 136 valence electrons. The second kappa shape index (κ2) is 7.38. The first-order valence-electron chi connectivity index (χ1n) is 8.50. The molecule has 0 unspecified atom stereocenters. The first kappa shape index (κ1) is 16.9. The molecule has 4 heterocycles. The van der Waals surface area contributed by atoms with E-state index in [1.165, 1.54) is 22.2 Å². The van der Waals surface area contributed by atoms with Crippen LogP contribution in [0.25, 0.3) is 10.2 Å². The smallest absolute Gasteiger partial charge is 0.271 e. The Morgan fingerprint density at radius 3 is 3.19 bits per heavy atom. The van der Waals surface area contributed by atoms with E-state index in [2.05, 4.69) is 10.1 Å². The van der Waals surface area contributed by atoms with Crippen molar-refractivity contribution in [3.05, 3.63) is 46.6 Å². The van der Waals surface area contributed by atoms with Crippen molar-refractivity contribution in [2.24, 2.45) is 0 Å². The minimum Gasteiger partial charge on any atom is -0.374 e. The molecule has 0 radical (unpaired) electrons. The average Bonchev–Trinajstić information content (AvgIpc) is 3.26. The van der Waals surface area contributed by atoms with Crippen LogP contribution >= 0.6 is 11.3 Å². The predicted octanol–water partition coefficient (Wildman–Crippen LogP) is 0.972. The number of carbonyl (C=O) groups excluding carboxylic acids is 1. The molecule has 26 heavy (non-hydrogen) atoms. The van der Waals surface area contributed by atoms with Crippen LogP contribution < -0.4 is 5.56 Å². The minimum atomic E-state index is -0.169. The Bertz CT molecular complexity index is 949. The lowest BCUT2D eigenvalue weighted by molar-refractivity contribution is -0.132. The summed E-state index contributed by atoms with van der Waals surface area (Å²) in [5.74, 6) is -0.0965. The molecular formula is C17H19N5O3S. The third kappa shape index (κ3) is 3.54. The van der Waals surface area contributed by atoms with Gasteiger partial charge in [0.2, 0.25) is 5.91 Å². The van der Waals surface area contributed by atoms with E-state index >= 15 is 0 Å². The van der Waals surface area contributed by atoms with Crippen LogP contribution in [0, 0.1) is 0 Å². The van der Waals surface area contributed by atoms with Crippen LogP contribution in [0.1, 0.15) is 6.42 Å². The van der Waals surface area contributed by atoms with E-state index in [0.29, 0.717) is 36.5 Å². The van der Waals surface area contributed by atoms with Gasteiger partial charge in [-0.05, 0) is 23.9 Å². The lowest BCUT2D eigenvalue weighted by Gasteiger charge is -2.24. The molecular weight excluding hydrogens is 354 g/mol. The number of aromatic nitrogens is 4. The summed E-state index contributed by atoms with van der Waals surface area (Å²) in [4.78, 5) is 31.3. The Labute approximate surface area is 153 Å². The Kier molecular flexibility index (Phi) is 4.81. The number of amides is 1. The highest BCUT2D eigenvalue weighted by Gasteiger charge is 2.23. The Morgan fingerprint density at radius 2 is 2.35 bits per heavy atom. The van der Waals surface area contributed by atoms with Gasteiger partial charge in [-0.3, -0.25) is 18.8 Å². The third-order valence-electron chi connectivity index (χ3n) is 4.39. The number of hydrogen-bond donors (Lipinski definition) is 0. The second-order valence-electron chi connectivity index (χ2n) is 6.23. The van der Waals surface area contributed by atoms with E-state index in [0.717, 1.165) is 6.42 Å². The van der Waals surface area contributed by atoms with Gasteiger partial charge in [-0.2, -0.15) is 5.10 Å². The molecule has 1 atom stereocenters. The number of hydrogen-bond acceptors (Lipinski definition) is 6. The normalized spacial score (nSPS) is 18.2. The first-order chi connectivity index (χ1) is 12.7. The third-order valence-corrected chi connectivity index (χ3v) is 5.29. The molecule has 0 aromatic carbocycles. The molecule has 8 nitrogen and oxygen atoms in total. The number of carbonyl (C=O) groups is 1. The van der Waals surface area contributed by atoms with Crippen LogP contribution in [0.15, 0.2) is 41.0 Å². The van der Waals surface area contributed by atoms with E-state index in [1.54, 1.807) is 21.8 Å². The lowest BCUT2D eigenvalue weighted by atomic mass is 10.3. The van der Waals surface area contributed by atoms with Crippen LogP contribution in [0.2, 0.25) is 0 Å². The van der Waals surface area contributed by atoms with Crippen LogP contribution in [0.4, 0.5) is 0 Å². The summed E-state index contributed by atoms with van der Waals surface area (Å²) < 4.78 is 9.61. The molecule has 0 bridgehead atoms. The van der Waals surface area contributed by atoms with Gasteiger partial charge in [0.15, 0.2) is 0 Å². The number of ether oxygens (including phenoxy) is 1. The number of fused-ring (bicyclic) bond motifs is 1. The van der Waals surface area contributed by atoms with E-state index < -0.39 is 0 Å². The van der Waals surface area contributed by atoms with E-state index in [9.17, 15) is 9.59 Å². The second-order valence-corrected chi connectivity index (χ2v) is 7.14. The molecule has 0 aliphatic carbocycles. The van der Waals surface area contributed by atoms with Crippen LogP contribution in [-0.2, 0) is 22.6 Å². The Morgan fingerprint density at radius 1 is 1.42 bits per heavy atom. The number of thiophene rings is 1. The fourth-order valence-corrected chi connectivity index (χ4v) is 3.88. The highest BCUT2D eigenvalue weighted by atomic mass is 32.1. The van der Waals surface area contributed by atoms with Gasteiger partial charge in [-0.25, -0.2) is 4.98 Å². The first-order valence-corrected chi connectivity index (χ1v) is 9.38. The van der Waals surface area contributed by atoms with Crippen molar-refractivity contribution in [2.45, 2.75) is 25.6 Å². The number of rotatable bonds is 4. The molecule has 1 aliphatic rings. The van der Waals surface area contributed by atoms with Crippen LogP contribution in [0.3, 0.4) is 0 Å². The van der Waals surface area contributed by atoms with E-state index in [1.807, 2.05) is 17.6 Å². The van der Waals surface area contributed by atoms with Crippen LogP contribution in [-0.4, -0.2) is 55.9 Å². The van der Waals surface area contributed by atoms with Crippen molar-refractivity contribution in [2.75, 3.05) is 19.7 Å². The Hall–Kier alpha value is -2.52. The highest BCUT2D eigenvalue weighted by Crippen LogP contribution is 2.13. The largest absolute Gasteiger partial charge is 0.374 e. The number of nitrogens with zero attached hydrogens (tertiary/aromatic N) is 5. The SMILES string of the molecule is O=C(Cn1cnc2ccsc2c1=O)N1CCCO[C@@H](Cn2cccn2)C1. The zero-order valence-corrected chi connectivity index (χ0v) is 15.0. The van der Waals surface area contributed by atoms with Gasteiger partial charge in [0.05, 0.1) is 24.5 Å². The van der Waals surface area contributed by atoms with Crippen molar-refractivity contribution in [3.8, 4) is 0 Å². The molecule has 1 aliphatic heterocycles. The zero-order chi connectivity index (χ0) is 17.9. The fourth-order valence-electron chi connectivity index (χ4n) is 3.09. The summed E-state index contributed by atoms with van der Waals surface area (Å²) >= 11 is 1.35. The van der Waals surface area contributed by atoms with Gasteiger partial charge >= 0.3 is 0 Å².